The summed E-state index contributed by atoms with van der Waals surface area (Å²) in [4.78, 5) is 13.3. The fourth-order valence-electron chi connectivity index (χ4n) is 3.24. The molecular weight excluding hydrogens is 426 g/mol. The number of nitrogens with zero attached hydrogens (tertiary/aromatic N) is 3. The summed E-state index contributed by atoms with van der Waals surface area (Å²) in [7, 11) is 3.13. The molecule has 0 bridgehead atoms. The summed E-state index contributed by atoms with van der Waals surface area (Å²) >= 11 is 7.68. The highest BCUT2D eigenvalue weighted by Gasteiger charge is 2.38. The van der Waals surface area contributed by atoms with Gasteiger partial charge in [-0.05, 0) is 36.8 Å². The van der Waals surface area contributed by atoms with Crippen LogP contribution in [0.4, 0.5) is 5.69 Å². The number of fused-ring (bicyclic) bond motifs is 1. The van der Waals surface area contributed by atoms with Crippen LogP contribution in [0.15, 0.2) is 47.6 Å². The van der Waals surface area contributed by atoms with E-state index in [1.807, 2.05) is 25.1 Å². The number of aromatic nitrogens is 3. The van der Waals surface area contributed by atoms with Crippen LogP contribution in [0.1, 0.15) is 17.4 Å². The molecule has 2 N–H and O–H groups in total. The summed E-state index contributed by atoms with van der Waals surface area (Å²) in [5.74, 6) is 1.66. The van der Waals surface area contributed by atoms with Gasteiger partial charge in [0.25, 0.3) is 0 Å². The van der Waals surface area contributed by atoms with Crippen LogP contribution < -0.4 is 20.2 Å². The first kappa shape index (κ1) is 20.4. The Kier molecular flexibility index (Phi) is 5.74. The lowest BCUT2D eigenvalue weighted by Crippen LogP contribution is -2.41. The molecule has 0 aliphatic carbocycles. The molecule has 30 heavy (non-hydrogen) atoms. The number of aryl methyl sites for hydroxylation is 1. The van der Waals surface area contributed by atoms with Gasteiger partial charge in [-0.2, -0.15) is 0 Å². The number of nitrogens with one attached hydrogen (secondary N) is 2. The van der Waals surface area contributed by atoms with Crippen molar-refractivity contribution in [3.8, 4) is 11.5 Å². The number of carbonyl (C=O) groups is 1. The molecule has 0 spiro atoms. The van der Waals surface area contributed by atoms with Crippen molar-refractivity contribution >= 4 is 35.0 Å². The summed E-state index contributed by atoms with van der Waals surface area (Å²) in [6, 6.07) is 12.4. The maximum Gasteiger partial charge on any atom is 0.240 e. The lowest BCUT2D eigenvalue weighted by molar-refractivity contribution is -0.116. The second-order valence-corrected chi connectivity index (χ2v) is 8.11. The third-order valence-corrected chi connectivity index (χ3v) is 6.27. The van der Waals surface area contributed by atoms with Gasteiger partial charge in [0.2, 0.25) is 11.1 Å². The molecule has 0 saturated carbocycles. The first-order chi connectivity index (χ1) is 14.5. The number of ether oxygens (including phenoxy) is 2. The lowest BCUT2D eigenvalue weighted by atomic mass is 10.0. The van der Waals surface area contributed by atoms with Crippen LogP contribution in [-0.4, -0.2) is 40.3 Å². The molecule has 0 saturated heterocycles. The van der Waals surface area contributed by atoms with Gasteiger partial charge in [-0.3, -0.25) is 4.79 Å². The molecule has 2 aromatic carbocycles. The second-order valence-electron chi connectivity index (χ2n) is 6.59. The standard InChI is InChI=1S/C20H20ClN5O3S/c1-11-23-24-20-26(11)25-17(12-8-9-15(28-2)13(21)10-12)18(30-20)19(27)22-14-6-4-5-7-16(14)29-3/h4-10,17-18,25H,1-3H3,(H,22,27)/t17-,18-/m1/s1. The Morgan fingerprint density at radius 2 is 1.93 bits per heavy atom. The van der Waals surface area contributed by atoms with Crippen molar-refractivity contribution in [1.29, 1.82) is 0 Å². The quantitative estimate of drug-likeness (QED) is 0.619. The summed E-state index contributed by atoms with van der Waals surface area (Å²) in [6.45, 7) is 1.84. The van der Waals surface area contributed by atoms with Gasteiger partial charge in [0.1, 0.15) is 22.6 Å². The third-order valence-electron chi connectivity index (χ3n) is 4.76. The van der Waals surface area contributed by atoms with Crippen molar-refractivity contribution in [2.24, 2.45) is 0 Å². The van der Waals surface area contributed by atoms with E-state index in [0.717, 1.165) is 5.56 Å². The van der Waals surface area contributed by atoms with E-state index in [1.54, 1.807) is 43.2 Å². The molecule has 4 rings (SSSR count). The van der Waals surface area contributed by atoms with E-state index in [9.17, 15) is 4.79 Å². The molecular formula is C20H20ClN5O3S. The Morgan fingerprint density at radius 3 is 2.67 bits per heavy atom. The minimum absolute atomic E-state index is 0.194. The third kappa shape index (κ3) is 3.78. The minimum Gasteiger partial charge on any atom is -0.495 e. The van der Waals surface area contributed by atoms with Gasteiger partial charge in [0, 0.05) is 0 Å². The molecule has 1 aliphatic rings. The molecule has 8 nitrogen and oxygen atoms in total. The molecule has 1 aliphatic heterocycles. The maximum atomic E-state index is 13.3. The smallest absolute Gasteiger partial charge is 0.240 e. The monoisotopic (exact) mass is 445 g/mol. The SMILES string of the molecule is COc1ccc([C@H]2Nn3c(C)nnc3S[C@H]2C(=O)Nc2ccccc2OC)cc1Cl. The van der Waals surface area contributed by atoms with Crippen molar-refractivity contribution in [2.45, 2.75) is 23.4 Å². The summed E-state index contributed by atoms with van der Waals surface area (Å²) in [5.41, 5.74) is 4.79. The lowest BCUT2D eigenvalue weighted by Gasteiger charge is -2.33. The number of thioether (sulfide) groups is 1. The Labute approximate surface area is 182 Å². The Balaban J connectivity index is 1.69. The number of anilines is 1. The summed E-state index contributed by atoms with van der Waals surface area (Å²) in [6.07, 6.45) is 0. The first-order valence-corrected chi connectivity index (χ1v) is 10.4. The molecule has 156 valence electrons. The van der Waals surface area contributed by atoms with Crippen molar-refractivity contribution < 1.29 is 14.3 Å². The molecule has 1 amide bonds. The number of rotatable bonds is 5. The van der Waals surface area contributed by atoms with Gasteiger partial charge in [0.15, 0.2) is 0 Å². The summed E-state index contributed by atoms with van der Waals surface area (Å²) < 4.78 is 12.4. The van der Waals surface area contributed by atoms with E-state index < -0.39 is 5.25 Å². The molecule has 3 aromatic rings. The number of benzene rings is 2. The highest BCUT2D eigenvalue weighted by Crippen LogP contribution is 2.39. The zero-order chi connectivity index (χ0) is 21.3. The van der Waals surface area contributed by atoms with E-state index in [4.69, 9.17) is 21.1 Å². The number of methoxy groups -OCH3 is 2. The van der Waals surface area contributed by atoms with Crippen molar-refractivity contribution in [2.75, 3.05) is 25.0 Å². The topological polar surface area (TPSA) is 90.3 Å². The molecule has 0 unspecified atom stereocenters. The van der Waals surface area contributed by atoms with Gasteiger partial charge in [-0.1, -0.05) is 41.6 Å². The Morgan fingerprint density at radius 1 is 1.17 bits per heavy atom. The largest absolute Gasteiger partial charge is 0.495 e. The van der Waals surface area contributed by atoms with Gasteiger partial charge in [-0.25, -0.2) is 4.68 Å². The van der Waals surface area contributed by atoms with Crippen LogP contribution in [0.5, 0.6) is 11.5 Å². The number of carbonyl (C=O) groups excluding carboxylic acids is 1. The molecule has 0 fully saturated rings. The van der Waals surface area contributed by atoms with Gasteiger partial charge in [0.05, 0.1) is 31.0 Å². The molecule has 2 heterocycles. The van der Waals surface area contributed by atoms with Crippen LogP contribution in [-0.2, 0) is 4.79 Å². The van der Waals surface area contributed by atoms with Crippen LogP contribution in [0.25, 0.3) is 0 Å². The highest BCUT2D eigenvalue weighted by atomic mass is 35.5. The fourth-order valence-corrected chi connectivity index (χ4v) is 4.63. The predicted octanol–water partition coefficient (Wildman–Crippen LogP) is 3.65. The second kappa shape index (κ2) is 8.45. The zero-order valence-electron chi connectivity index (χ0n) is 16.5. The maximum absolute atomic E-state index is 13.3. The average Bonchev–Trinajstić information content (AvgIpc) is 3.13. The van der Waals surface area contributed by atoms with E-state index in [-0.39, 0.29) is 11.9 Å². The van der Waals surface area contributed by atoms with E-state index >= 15 is 0 Å². The molecule has 2 atom stereocenters. The van der Waals surface area contributed by atoms with Crippen LogP contribution in [0, 0.1) is 6.92 Å². The molecule has 1 aromatic heterocycles. The van der Waals surface area contributed by atoms with E-state index in [1.165, 1.54) is 11.8 Å². The van der Waals surface area contributed by atoms with Gasteiger partial charge in [-0.15, -0.1) is 10.2 Å². The van der Waals surface area contributed by atoms with Crippen LogP contribution in [0.2, 0.25) is 5.02 Å². The van der Waals surface area contributed by atoms with Crippen molar-refractivity contribution in [3.63, 3.8) is 0 Å². The first-order valence-electron chi connectivity index (χ1n) is 9.14. The molecule has 10 heteroatoms. The van der Waals surface area contributed by atoms with Gasteiger partial charge >= 0.3 is 0 Å². The van der Waals surface area contributed by atoms with E-state index in [0.29, 0.717) is 33.2 Å². The minimum atomic E-state index is -0.532. The van der Waals surface area contributed by atoms with Gasteiger partial charge < -0.3 is 20.2 Å². The Hall–Kier alpha value is -2.91. The fraction of sp³-hybridized carbons (Fsp3) is 0.250. The normalized spacial score (nSPS) is 17.6. The molecule has 0 radical (unpaired) electrons. The number of amides is 1. The number of halogens is 1. The number of hydrogen-bond donors (Lipinski definition) is 2. The van der Waals surface area contributed by atoms with Crippen LogP contribution >= 0.6 is 23.4 Å². The predicted molar refractivity (Wildman–Crippen MR) is 116 cm³/mol. The van der Waals surface area contributed by atoms with Crippen molar-refractivity contribution in [3.05, 3.63) is 58.9 Å². The zero-order valence-corrected chi connectivity index (χ0v) is 18.1. The number of para-hydroxylation sites is 2. The average molecular weight is 446 g/mol. The summed E-state index contributed by atoms with van der Waals surface area (Å²) in [5, 5.41) is 11.8. The van der Waals surface area contributed by atoms with E-state index in [2.05, 4.69) is 20.9 Å². The number of hydrogen-bond acceptors (Lipinski definition) is 7. The van der Waals surface area contributed by atoms with Crippen molar-refractivity contribution in [1.82, 2.24) is 14.9 Å². The van der Waals surface area contributed by atoms with Crippen LogP contribution in [0.3, 0.4) is 0 Å². The Bertz CT molecular complexity index is 1090. The highest BCUT2D eigenvalue weighted by molar-refractivity contribution is 8.00.